The van der Waals surface area contributed by atoms with E-state index >= 15 is 0 Å². The first kappa shape index (κ1) is 14.4. The van der Waals surface area contributed by atoms with Gasteiger partial charge in [0.25, 0.3) is 5.56 Å². The highest BCUT2D eigenvalue weighted by Crippen LogP contribution is 2.17. The normalized spacial score (nSPS) is 17.1. The number of rotatable bonds is 2. The van der Waals surface area contributed by atoms with Gasteiger partial charge in [-0.15, -0.1) is 11.3 Å². The Bertz CT molecular complexity index is 786. The van der Waals surface area contributed by atoms with Crippen molar-refractivity contribution in [1.82, 2.24) is 14.5 Å². The highest BCUT2D eigenvalue weighted by atomic mass is 32.1. The standard InChI is InChI=1S/C13H15N3O3S2/c1-8(11(17)15-3-5-19-6-4-15)16-12(18)10-9(2-7-21-10)14-13(16)20/h2,7-8H,3-6H2,1H3,(H,14,20). The maximum Gasteiger partial charge on any atom is 0.272 e. The first-order valence-electron chi connectivity index (χ1n) is 6.68. The van der Waals surface area contributed by atoms with Crippen LogP contribution in [0.1, 0.15) is 13.0 Å². The first-order chi connectivity index (χ1) is 10.1. The van der Waals surface area contributed by atoms with E-state index in [1.165, 1.54) is 15.9 Å². The van der Waals surface area contributed by atoms with Crippen LogP contribution in [0.25, 0.3) is 10.2 Å². The lowest BCUT2D eigenvalue weighted by atomic mass is 10.2. The summed E-state index contributed by atoms with van der Waals surface area (Å²) in [6, 6.07) is 1.20. The molecule has 1 fully saturated rings. The number of H-pyrrole nitrogens is 1. The molecule has 3 rings (SSSR count). The fraction of sp³-hybridized carbons (Fsp3) is 0.462. The number of carbonyl (C=O) groups excluding carboxylic acids is 1. The lowest BCUT2D eigenvalue weighted by Crippen LogP contribution is -2.45. The van der Waals surface area contributed by atoms with E-state index in [0.717, 1.165) is 5.52 Å². The molecule has 1 N–H and O–H groups in total. The van der Waals surface area contributed by atoms with E-state index in [-0.39, 0.29) is 16.2 Å². The van der Waals surface area contributed by atoms with E-state index in [0.29, 0.717) is 31.0 Å². The molecule has 0 aromatic carbocycles. The van der Waals surface area contributed by atoms with Crippen LogP contribution >= 0.6 is 23.6 Å². The van der Waals surface area contributed by atoms with E-state index in [9.17, 15) is 9.59 Å². The number of nitrogens with one attached hydrogen (secondary N) is 1. The second-order valence-corrected chi connectivity index (χ2v) is 6.19. The largest absolute Gasteiger partial charge is 0.378 e. The molecule has 1 unspecified atom stereocenters. The number of thiophene rings is 1. The lowest BCUT2D eigenvalue weighted by Gasteiger charge is -2.29. The molecule has 2 aromatic heterocycles. The van der Waals surface area contributed by atoms with Crippen molar-refractivity contribution in [3.05, 3.63) is 26.6 Å². The molecular weight excluding hydrogens is 310 g/mol. The third-order valence-electron chi connectivity index (χ3n) is 3.61. The Labute approximate surface area is 130 Å². The Balaban J connectivity index is 2.01. The molecule has 1 aliphatic rings. The number of hydrogen-bond acceptors (Lipinski definition) is 5. The van der Waals surface area contributed by atoms with E-state index in [4.69, 9.17) is 17.0 Å². The summed E-state index contributed by atoms with van der Waals surface area (Å²) in [5, 5.41) is 1.83. The SMILES string of the molecule is CC(C(=O)N1CCOCC1)n1c(=S)[nH]c2ccsc2c1=O. The molecule has 0 aliphatic carbocycles. The molecule has 0 radical (unpaired) electrons. The van der Waals surface area contributed by atoms with E-state index < -0.39 is 6.04 Å². The molecule has 112 valence electrons. The third kappa shape index (κ3) is 2.54. The van der Waals surface area contributed by atoms with Gasteiger partial charge in [0.1, 0.15) is 10.7 Å². The smallest absolute Gasteiger partial charge is 0.272 e. The van der Waals surface area contributed by atoms with Crippen LogP contribution in [0.3, 0.4) is 0 Å². The Hall–Kier alpha value is -1.51. The minimum atomic E-state index is -0.620. The summed E-state index contributed by atoms with van der Waals surface area (Å²) in [5.41, 5.74) is 0.509. The summed E-state index contributed by atoms with van der Waals surface area (Å²) in [4.78, 5) is 29.8. The van der Waals surface area contributed by atoms with Gasteiger partial charge < -0.3 is 14.6 Å². The van der Waals surface area contributed by atoms with Crippen molar-refractivity contribution >= 4 is 39.7 Å². The summed E-state index contributed by atoms with van der Waals surface area (Å²) in [7, 11) is 0. The molecule has 6 nitrogen and oxygen atoms in total. The third-order valence-corrected chi connectivity index (χ3v) is 4.81. The van der Waals surface area contributed by atoms with Crippen molar-refractivity contribution in [3.63, 3.8) is 0 Å². The van der Waals surface area contributed by atoms with Crippen LogP contribution in [0.5, 0.6) is 0 Å². The highest BCUT2D eigenvalue weighted by molar-refractivity contribution is 7.71. The molecular formula is C13H15N3O3S2. The summed E-state index contributed by atoms with van der Waals surface area (Å²) in [5.74, 6) is -0.101. The van der Waals surface area contributed by atoms with Crippen LogP contribution in [0.2, 0.25) is 0 Å². The zero-order valence-electron chi connectivity index (χ0n) is 11.5. The van der Waals surface area contributed by atoms with Crippen molar-refractivity contribution in [3.8, 4) is 0 Å². The van der Waals surface area contributed by atoms with Crippen molar-refractivity contribution in [1.29, 1.82) is 0 Å². The molecule has 0 saturated carbocycles. The van der Waals surface area contributed by atoms with Crippen LogP contribution in [-0.4, -0.2) is 46.7 Å². The Morgan fingerprint density at radius 2 is 2.19 bits per heavy atom. The van der Waals surface area contributed by atoms with Gasteiger partial charge in [-0.25, -0.2) is 0 Å². The zero-order valence-corrected chi connectivity index (χ0v) is 13.1. The number of aromatic nitrogens is 2. The summed E-state index contributed by atoms with van der Waals surface area (Å²) >= 11 is 6.59. The predicted octanol–water partition coefficient (Wildman–Crippen LogP) is 1.54. The second kappa shape index (κ2) is 5.70. The number of fused-ring (bicyclic) bond motifs is 1. The molecule has 0 bridgehead atoms. The summed E-state index contributed by atoms with van der Waals surface area (Å²) in [6.45, 7) is 3.88. The maximum absolute atomic E-state index is 12.5. The average Bonchev–Trinajstić information content (AvgIpc) is 2.95. The van der Waals surface area contributed by atoms with Gasteiger partial charge in [0.2, 0.25) is 5.91 Å². The van der Waals surface area contributed by atoms with Gasteiger partial charge in [-0.05, 0) is 30.6 Å². The highest BCUT2D eigenvalue weighted by Gasteiger charge is 2.25. The van der Waals surface area contributed by atoms with E-state index in [2.05, 4.69) is 4.98 Å². The monoisotopic (exact) mass is 325 g/mol. The van der Waals surface area contributed by atoms with Gasteiger partial charge in [-0.3, -0.25) is 14.2 Å². The van der Waals surface area contributed by atoms with Gasteiger partial charge in [0.15, 0.2) is 4.77 Å². The number of hydrogen-bond donors (Lipinski definition) is 1. The van der Waals surface area contributed by atoms with Crippen molar-refractivity contribution in [2.75, 3.05) is 26.3 Å². The predicted molar refractivity (Wildman–Crippen MR) is 83.4 cm³/mol. The Morgan fingerprint density at radius 1 is 1.48 bits per heavy atom. The van der Waals surface area contributed by atoms with Gasteiger partial charge in [-0.2, -0.15) is 0 Å². The number of ether oxygens (including phenoxy) is 1. The molecule has 2 aromatic rings. The Morgan fingerprint density at radius 3 is 2.90 bits per heavy atom. The number of amides is 1. The van der Waals surface area contributed by atoms with Crippen molar-refractivity contribution in [2.24, 2.45) is 0 Å². The molecule has 8 heteroatoms. The molecule has 1 atom stereocenters. The van der Waals surface area contributed by atoms with Crippen LogP contribution in [0, 0.1) is 4.77 Å². The molecule has 21 heavy (non-hydrogen) atoms. The topological polar surface area (TPSA) is 67.3 Å². The lowest BCUT2D eigenvalue weighted by molar-refractivity contribution is -0.138. The number of nitrogens with zero attached hydrogens (tertiary/aromatic N) is 2. The van der Waals surface area contributed by atoms with Gasteiger partial charge in [0.05, 0.1) is 18.7 Å². The minimum absolute atomic E-state index is 0.101. The molecule has 1 amide bonds. The number of carbonyl (C=O) groups is 1. The van der Waals surface area contributed by atoms with Crippen molar-refractivity contribution in [2.45, 2.75) is 13.0 Å². The number of aromatic amines is 1. The quantitative estimate of drug-likeness (QED) is 0.851. The van der Waals surface area contributed by atoms with Crippen LogP contribution in [0.15, 0.2) is 16.2 Å². The first-order valence-corrected chi connectivity index (χ1v) is 7.97. The van der Waals surface area contributed by atoms with Crippen molar-refractivity contribution < 1.29 is 9.53 Å². The molecule has 1 saturated heterocycles. The number of morpholine rings is 1. The average molecular weight is 325 g/mol. The van der Waals surface area contributed by atoms with Gasteiger partial charge in [-0.1, -0.05) is 0 Å². The van der Waals surface area contributed by atoms with Crippen LogP contribution in [0.4, 0.5) is 0 Å². The summed E-state index contributed by atoms with van der Waals surface area (Å²) < 4.78 is 7.48. The molecule has 0 spiro atoms. The summed E-state index contributed by atoms with van der Waals surface area (Å²) in [6.07, 6.45) is 0. The zero-order chi connectivity index (χ0) is 15.0. The van der Waals surface area contributed by atoms with Gasteiger partial charge in [0, 0.05) is 13.1 Å². The van der Waals surface area contributed by atoms with Crippen LogP contribution < -0.4 is 5.56 Å². The molecule has 3 heterocycles. The van der Waals surface area contributed by atoms with Crippen LogP contribution in [-0.2, 0) is 9.53 Å². The molecule has 1 aliphatic heterocycles. The van der Waals surface area contributed by atoms with Gasteiger partial charge >= 0.3 is 0 Å². The Kier molecular flexibility index (Phi) is 3.92. The fourth-order valence-electron chi connectivity index (χ4n) is 2.46. The van der Waals surface area contributed by atoms with E-state index in [1.54, 1.807) is 11.8 Å². The minimum Gasteiger partial charge on any atom is -0.378 e. The maximum atomic E-state index is 12.5. The van der Waals surface area contributed by atoms with E-state index in [1.807, 2.05) is 11.4 Å². The second-order valence-electron chi connectivity index (χ2n) is 4.88. The fourth-order valence-corrected chi connectivity index (χ4v) is 3.60.